The highest BCUT2D eigenvalue weighted by molar-refractivity contribution is 7.98. The van der Waals surface area contributed by atoms with Gasteiger partial charge in [0.25, 0.3) is 0 Å². The molecular weight excluding hydrogens is 306 g/mol. The lowest BCUT2D eigenvalue weighted by atomic mass is 10.3. The smallest absolute Gasteiger partial charge is 0.244 e. The summed E-state index contributed by atoms with van der Waals surface area (Å²) in [7, 11) is -1.76. The molecule has 1 atom stereocenters. The Kier molecular flexibility index (Phi) is 7.26. The van der Waals surface area contributed by atoms with Crippen LogP contribution in [0.1, 0.15) is 32.9 Å². The molecule has 1 rings (SSSR count). The number of sulfonamides is 1. The molecule has 21 heavy (non-hydrogen) atoms. The Labute approximate surface area is 132 Å². The predicted molar refractivity (Wildman–Crippen MR) is 90.2 cm³/mol. The van der Waals surface area contributed by atoms with Crippen molar-refractivity contribution in [1.82, 2.24) is 14.6 Å². The van der Waals surface area contributed by atoms with Gasteiger partial charge in [0, 0.05) is 43.3 Å². The van der Waals surface area contributed by atoms with Gasteiger partial charge in [-0.3, -0.25) is 0 Å². The predicted octanol–water partition coefficient (Wildman–Crippen LogP) is 2.27. The molecular formula is C14H27N3O2S2. The third-order valence-corrected chi connectivity index (χ3v) is 6.04. The number of nitrogens with one attached hydrogen (secondary N) is 2. The van der Waals surface area contributed by atoms with Gasteiger partial charge in [0.2, 0.25) is 10.0 Å². The Balaban J connectivity index is 2.87. The second-order valence-electron chi connectivity index (χ2n) is 5.43. The Morgan fingerprint density at radius 1 is 1.43 bits per heavy atom. The van der Waals surface area contributed by atoms with Crippen molar-refractivity contribution in [2.45, 2.75) is 50.7 Å². The fraction of sp³-hybridized carbons (Fsp3) is 0.714. The lowest BCUT2D eigenvalue weighted by molar-refractivity contribution is 0.385. The topological polar surface area (TPSA) is 65.2 Å². The average molecular weight is 334 g/mol. The molecule has 0 aromatic carbocycles. The van der Waals surface area contributed by atoms with E-state index in [1.807, 2.05) is 13.2 Å². The first kappa shape index (κ1) is 18.5. The van der Waals surface area contributed by atoms with E-state index in [1.165, 1.54) is 4.31 Å². The molecule has 0 spiro atoms. The van der Waals surface area contributed by atoms with E-state index in [4.69, 9.17) is 0 Å². The molecule has 2 N–H and O–H groups in total. The first-order valence-electron chi connectivity index (χ1n) is 7.20. The SMILES string of the molecule is CCC(CSC)N(C)S(=O)(=O)c1c[nH]c(CNC(C)C)c1. The van der Waals surface area contributed by atoms with Crippen LogP contribution in [-0.2, 0) is 16.6 Å². The van der Waals surface area contributed by atoms with E-state index in [1.54, 1.807) is 31.1 Å². The maximum atomic E-state index is 12.6. The van der Waals surface area contributed by atoms with Crippen LogP contribution in [0.5, 0.6) is 0 Å². The fourth-order valence-electron chi connectivity index (χ4n) is 2.02. The van der Waals surface area contributed by atoms with E-state index in [9.17, 15) is 8.42 Å². The minimum Gasteiger partial charge on any atom is -0.363 e. The van der Waals surface area contributed by atoms with Crippen LogP contribution in [0.2, 0.25) is 0 Å². The van der Waals surface area contributed by atoms with Gasteiger partial charge in [-0.15, -0.1) is 0 Å². The summed E-state index contributed by atoms with van der Waals surface area (Å²) in [6.07, 6.45) is 4.38. The van der Waals surface area contributed by atoms with Gasteiger partial charge in [0.05, 0.1) is 4.90 Å². The molecule has 0 aliphatic carbocycles. The lowest BCUT2D eigenvalue weighted by Crippen LogP contribution is -2.38. The minimum atomic E-state index is -3.43. The van der Waals surface area contributed by atoms with Crippen LogP contribution in [0, 0.1) is 0 Å². The van der Waals surface area contributed by atoms with Gasteiger partial charge in [-0.2, -0.15) is 16.1 Å². The second kappa shape index (κ2) is 8.22. The summed E-state index contributed by atoms with van der Waals surface area (Å²) in [6.45, 7) is 6.77. The number of nitrogens with zero attached hydrogens (tertiary/aromatic N) is 1. The van der Waals surface area contributed by atoms with Crippen molar-refractivity contribution in [3.8, 4) is 0 Å². The van der Waals surface area contributed by atoms with E-state index in [2.05, 4.69) is 24.1 Å². The first-order valence-corrected chi connectivity index (χ1v) is 10.0. The van der Waals surface area contributed by atoms with Crippen LogP contribution in [0.25, 0.3) is 0 Å². The molecule has 0 bridgehead atoms. The summed E-state index contributed by atoms with van der Waals surface area (Å²) in [6, 6.07) is 2.10. The fourth-order valence-corrected chi connectivity index (χ4v) is 4.40. The van der Waals surface area contributed by atoms with Gasteiger partial charge in [-0.1, -0.05) is 20.8 Å². The van der Waals surface area contributed by atoms with Gasteiger partial charge in [-0.05, 0) is 18.7 Å². The monoisotopic (exact) mass is 333 g/mol. The molecule has 0 aliphatic heterocycles. The molecule has 0 amide bonds. The number of hydrogen-bond donors (Lipinski definition) is 2. The number of rotatable bonds is 9. The van der Waals surface area contributed by atoms with E-state index in [-0.39, 0.29) is 6.04 Å². The molecule has 122 valence electrons. The first-order chi connectivity index (χ1) is 9.82. The van der Waals surface area contributed by atoms with Crippen molar-refractivity contribution in [3.63, 3.8) is 0 Å². The van der Waals surface area contributed by atoms with Gasteiger partial charge < -0.3 is 10.3 Å². The van der Waals surface area contributed by atoms with Gasteiger partial charge in [0.15, 0.2) is 0 Å². The number of hydrogen-bond acceptors (Lipinski definition) is 4. The van der Waals surface area contributed by atoms with Gasteiger partial charge in [0.1, 0.15) is 0 Å². The molecule has 1 aromatic rings. The van der Waals surface area contributed by atoms with E-state index < -0.39 is 10.0 Å². The zero-order valence-electron chi connectivity index (χ0n) is 13.5. The van der Waals surface area contributed by atoms with E-state index in [0.29, 0.717) is 17.5 Å². The Morgan fingerprint density at radius 2 is 2.10 bits per heavy atom. The highest BCUT2D eigenvalue weighted by Crippen LogP contribution is 2.20. The third kappa shape index (κ3) is 5.02. The summed E-state index contributed by atoms with van der Waals surface area (Å²) >= 11 is 1.67. The number of aromatic amines is 1. The number of thioether (sulfide) groups is 1. The zero-order chi connectivity index (χ0) is 16.0. The van der Waals surface area contributed by atoms with Crippen LogP contribution in [0.15, 0.2) is 17.2 Å². The molecule has 1 aromatic heterocycles. The second-order valence-corrected chi connectivity index (χ2v) is 8.34. The molecule has 5 nitrogen and oxygen atoms in total. The molecule has 1 heterocycles. The number of aromatic nitrogens is 1. The Hall–Kier alpha value is -0.500. The van der Waals surface area contributed by atoms with E-state index >= 15 is 0 Å². The standard InChI is InChI=1S/C14H27N3O2S2/c1-6-13(10-20-5)17(4)21(18,19)14-7-12(16-9-14)8-15-11(2)3/h7,9,11,13,15-16H,6,8,10H2,1-5H3. The Morgan fingerprint density at radius 3 is 2.62 bits per heavy atom. The van der Waals surface area contributed by atoms with Crippen molar-refractivity contribution in [1.29, 1.82) is 0 Å². The van der Waals surface area contributed by atoms with Crippen LogP contribution in [0.3, 0.4) is 0 Å². The number of H-pyrrole nitrogens is 1. The average Bonchev–Trinajstić information content (AvgIpc) is 2.91. The van der Waals surface area contributed by atoms with E-state index in [0.717, 1.165) is 17.9 Å². The third-order valence-electron chi connectivity index (χ3n) is 3.44. The molecule has 0 radical (unpaired) electrons. The highest BCUT2D eigenvalue weighted by Gasteiger charge is 2.27. The molecule has 0 aliphatic rings. The van der Waals surface area contributed by atoms with Crippen LogP contribution < -0.4 is 5.32 Å². The van der Waals surface area contributed by atoms with Crippen molar-refractivity contribution in [2.75, 3.05) is 19.1 Å². The van der Waals surface area contributed by atoms with Crippen molar-refractivity contribution in [2.24, 2.45) is 0 Å². The summed E-state index contributed by atoms with van der Waals surface area (Å²) < 4.78 is 26.8. The molecule has 1 unspecified atom stereocenters. The van der Waals surface area contributed by atoms with Crippen LogP contribution in [-0.4, -0.2) is 48.8 Å². The summed E-state index contributed by atoms with van der Waals surface area (Å²) in [5.74, 6) is 0.804. The van der Waals surface area contributed by atoms with Gasteiger partial charge >= 0.3 is 0 Å². The van der Waals surface area contributed by atoms with Crippen LogP contribution >= 0.6 is 11.8 Å². The van der Waals surface area contributed by atoms with Crippen molar-refractivity contribution in [3.05, 3.63) is 18.0 Å². The van der Waals surface area contributed by atoms with Crippen molar-refractivity contribution < 1.29 is 8.42 Å². The zero-order valence-corrected chi connectivity index (χ0v) is 15.1. The largest absolute Gasteiger partial charge is 0.363 e. The summed E-state index contributed by atoms with van der Waals surface area (Å²) in [4.78, 5) is 3.38. The molecule has 7 heteroatoms. The maximum absolute atomic E-state index is 12.6. The normalized spacial score (nSPS) is 14.0. The maximum Gasteiger partial charge on any atom is 0.244 e. The molecule has 0 saturated heterocycles. The lowest BCUT2D eigenvalue weighted by Gasteiger charge is -2.25. The summed E-state index contributed by atoms with van der Waals surface area (Å²) in [5.41, 5.74) is 0.883. The minimum absolute atomic E-state index is 0.0251. The molecule has 0 saturated carbocycles. The Bertz CT molecular complexity index is 526. The van der Waals surface area contributed by atoms with Crippen LogP contribution in [0.4, 0.5) is 0 Å². The van der Waals surface area contributed by atoms with Gasteiger partial charge in [-0.25, -0.2) is 8.42 Å². The molecule has 0 fully saturated rings. The highest BCUT2D eigenvalue weighted by atomic mass is 32.2. The quantitative estimate of drug-likeness (QED) is 0.728. The summed E-state index contributed by atoms with van der Waals surface area (Å²) in [5, 5.41) is 3.27. The van der Waals surface area contributed by atoms with Crippen molar-refractivity contribution >= 4 is 21.8 Å².